The van der Waals surface area contributed by atoms with E-state index in [1.807, 2.05) is 29.6 Å². The third kappa shape index (κ3) is 2.79. The number of nitrogen functional groups attached to an aromatic ring is 1. The lowest BCUT2D eigenvalue weighted by atomic mass is 10.1. The second kappa shape index (κ2) is 5.19. The number of hydrogen-bond acceptors (Lipinski definition) is 6. The van der Waals surface area contributed by atoms with Crippen molar-refractivity contribution < 1.29 is 4.52 Å². The molecule has 0 bridgehead atoms. The van der Waals surface area contributed by atoms with Gasteiger partial charge < -0.3 is 10.3 Å². The van der Waals surface area contributed by atoms with Gasteiger partial charge in [-0.05, 0) is 24.1 Å². The van der Waals surface area contributed by atoms with Crippen LogP contribution in [0.3, 0.4) is 0 Å². The molecule has 0 unspecified atom stereocenters. The fourth-order valence-corrected chi connectivity index (χ4v) is 2.31. The Morgan fingerprint density at radius 2 is 2.21 bits per heavy atom. The van der Waals surface area contributed by atoms with E-state index in [-0.39, 0.29) is 0 Å². The predicted octanol–water partition coefficient (Wildman–Crippen LogP) is 2.56. The van der Waals surface area contributed by atoms with Gasteiger partial charge in [0.1, 0.15) is 5.69 Å². The van der Waals surface area contributed by atoms with Crippen molar-refractivity contribution in [3.05, 3.63) is 46.6 Å². The first-order chi connectivity index (χ1) is 9.31. The Balaban J connectivity index is 1.68. The van der Waals surface area contributed by atoms with Crippen molar-refractivity contribution in [2.45, 2.75) is 12.8 Å². The summed E-state index contributed by atoms with van der Waals surface area (Å²) in [5.41, 5.74) is 10.2. The van der Waals surface area contributed by atoms with E-state index in [0.29, 0.717) is 18.1 Å². The lowest BCUT2D eigenvalue weighted by molar-refractivity contribution is 0.379. The molecule has 1 aromatic carbocycles. The van der Waals surface area contributed by atoms with Gasteiger partial charge in [-0.15, -0.1) is 11.3 Å². The van der Waals surface area contributed by atoms with Crippen molar-refractivity contribution in [1.82, 2.24) is 15.1 Å². The van der Waals surface area contributed by atoms with Gasteiger partial charge in [0.05, 0.1) is 5.51 Å². The number of aromatic nitrogens is 3. The maximum atomic E-state index is 5.74. The summed E-state index contributed by atoms with van der Waals surface area (Å²) in [6.45, 7) is 0. The molecule has 0 aliphatic heterocycles. The molecule has 0 saturated carbocycles. The Kier molecular flexibility index (Phi) is 3.24. The highest BCUT2D eigenvalue weighted by Crippen LogP contribution is 2.16. The molecule has 0 spiro atoms. The first kappa shape index (κ1) is 11.9. The molecule has 96 valence electrons. The van der Waals surface area contributed by atoms with Crippen LogP contribution in [-0.2, 0) is 12.8 Å². The fourth-order valence-electron chi connectivity index (χ4n) is 1.78. The summed E-state index contributed by atoms with van der Waals surface area (Å²) in [7, 11) is 0. The van der Waals surface area contributed by atoms with Crippen molar-refractivity contribution in [1.29, 1.82) is 0 Å². The Morgan fingerprint density at radius 3 is 3.00 bits per heavy atom. The predicted molar refractivity (Wildman–Crippen MR) is 73.7 cm³/mol. The molecule has 0 radical (unpaired) electrons. The van der Waals surface area contributed by atoms with Crippen LogP contribution in [0.1, 0.15) is 11.5 Å². The second-order valence-corrected chi connectivity index (χ2v) is 4.85. The monoisotopic (exact) mass is 272 g/mol. The highest BCUT2D eigenvalue weighted by atomic mass is 32.1. The Morgan fingerprint density at radius 1 is 1.26 bits per heavy atom. The molecule has 3 rings (SSSR count). The number of nitrogens with two attached hydrogens (primary N) is 1. The Labute approximate surface area is 114 Å². The van der Waals surface area contributed by atoms with Crippen LogP contribution >= 0.6 is 11.3 Å². The molecule has 0 aliphatic carbocycles. The molecule has 0 saturated heterocycles. The summed E-state index contributed by atoms with van der Waals surface area (Å²) in [6, 6.07) is 7.81. The zero-order chi connectivity index (χ0) is 13.1. The minimum atomic E-state index is 0.545. The van der Waals surface area contributed by atoms with Gasteiger partial charge >= 0.3 is 0 Å². The molecule has 0 fully saturated rings. The van der Waals surface area contributed by atoms with Crippen molar-refractivity contribution in [2.24, 2.45) is 0 Å². The van der Waals surface area contributed by atoms with Gasteiger partial charge in [0.2, 0.25) is 11.7 Å². The zero-order valence-electron chi connectivity index (χ0n) is 10.1. The highest BCUT2D eigenvalue weighted by Gasteiger charge is 2.10. The van der Waals surface area contributed by atoms with Crippen molar-refractivity contribution >= 4 is 17.0 Å². The molecule has 2 heterocycles. The lowest BCUT2D eigenvalue weighted by Crippen LogP contribution is -1.93. The molecular weight excluding hydrogens is 260 g/mol. The summed E-state index contributed by atoms with van der Waals surface area (Å²) in [6.07, 6.45) is 1.52. The molecule has 2 N–H and O–H groups in total. The van der Waals surface area contributed by atoms with Gasteiger partial charge in [0, 0.05) is 17.5 Å². The van der Waals surface area contributed by atoms with Gasteiger partial charge in [-0.25, -0.2) is 4.98 Å². The maximum absolute atomic E-state index is 5.74. The van der Waals surface area contributed by atoms with E-state index in [4.69, 9.17) is 10.3 Å². The first-order valence-electron chi connectivity index (χ1n) is 5.87. The smallest absolute Gasteiger partial charge is 0.227 e. The van der Waals surface area contributed by atoms with Crippen molar-refractivity contribution in [3.63, 3.8) is 0 Å². The van der Waals surface area contributed by atoms with Crippen LogP contribution in [0, 0.1) is 0 Å². The van der Waals surface area contributed by atoms with Crippen molar-refractivity contribution in [3.8, 4) is 11.5 Å². The third-order valence-corrected chi connectivity index (χ3v) is 3.29. The average Bonchev–Trinajstić information content (AvgIpc) is 3.07. The molecule has 5 nitrogen and oxygen atoms in total. The van der Waals surface area contributed by atoms with Crippen LogP contribution in [0.5, 0.6) is 0 Å². The highest BCUT2D eigenvalue weighted by molar-refractivity contribution is 7.07. The number of hydrogen-bond donors (Lipinski definition) is 1. The Bertz CT molecular complexity index is 663. The van der Waals surface area contributed by atoms with E-state index in [1.165, 1.54) is 11.3 Å². The SMILES string of the molecule is Nc1cccc(CCc2nc(-c3cscn3)no2)c1. The van der Waals surface area contributed by atoms with E-state index in [2.05, 4.69) is 15.1 Å². The molecule has 6 heteroatoms. The summed E-state index contributed by atoms with van der Waals surface area (Å²) in [5, 5.41) is 5.82. The van der Waals surface area contributed by atoms with Gasteiger partial charge in [0.25, 0.3) is 0 Å². The largest absolute Gasteiger partial charge is 0.399 e. The van der Waals surface area contributed by atoms with Crippen LogP contribution in [0.25, 0.3) is 11.5 Å². The normalized spacial score (nSPS) is 10.7. The number of anilines is 1. The second-order valence-electron chi connectivity index (χ2n) is 4.13. The number of thiazole rings is 1. The van der Waals surface area contributed by atoms with Crippen LogP contribution in [0.15, 0.2) is 39.7 Å². The minimum absolute atomic E-state index is 0.545. The van der Waals surface area contributed by atoms with E-state index >= 15 is 0 Å². The van der Waals surface area contributed by atoms with E-state index in [0.717, 1.165) is 23.4 Å². The molecule has 19 heavy (non-hydrogen) atoms. The number of rotatable bonds is 4. The van der Waals surface area contributed by atoms with Gasteiger partial charge in [-0.1, -0.05) is 17.3 Å². The van der Waals surface area contributed by atoms with Gasteiger partial charge in [-0.3, -0.25) is 0 Å². The van der Waals surface area contributed by atoms with Gasteiger partial charge in [0.15, 0.2) is 0 Å². The van der Waals surface area contributed by atoms with E-state index in [9.17, 15) is 0 Å². The van der Waals surface area contributed by atoms with Crippen LogP contribution in [-0.4, -0.2) is 15.1 Å². The van der Waals surface area contributed by atoms with Crippen molar-refractivity contribution in [2.75, 3.05) is 5.73 Å². The van der Waals surface area contributed by atoms with E-state index < -0.39 is 0 Å². The lowest BCUT2D eigenvalue weighted by Gasteiger charge is -1.99. The topological polar surface area (TPSA) is 77.8 Å². The first-order valence-corrected chi connectivity index (χ1v) is 6.81. The quantitative estimate of drug-likeness (QED) is 0.738. The Hall–Kier alpha value is -2.21. The summed E-state index contributed by atoms with van der Waals surface area (Å²) in [4.78, 5) is 8.47. The summed E-state index contributed by atoms with van der Waals surface area (Å²) in [5.74, 6) is 1.16. The molecule has 0 aliphatic rings. The minimum Gasteiger partial charge on any atom is -0.399 e. The number of nitrogens with zero attached hydrogens (tertiary/aromatic N) is 3. The van der Waals surface area contributed by atoms with Crippen LogP contribution in [0.4, 0.5) is 5.69 Å². The van der Waals surface area contributed by atoms with E-state index in [1.54, 1.807) is 5.51 Å². The summed E-state index contributed by atoms with van der Waals surface area (Å²) >= 11 is 1.51. The van der Waals surface area contributed by atoms with Crippen LogP contribution < -0.4 is 5.73 Å². The standard InChI is InChI=1S/C13H12N4OS/c14-10-3-1-2-9(6-10)4-5-12-16-13(17-18-12)11-7-19-8-15-11/h1-3,6-8H,4-5,14H2. The average molecular weight is 272 g/mol. The van der Waals surface area contributed by atoms with Gasteiger partial charge in [-0.2, -0.15) is 4.98 Å². The zero-order valence-corrected chi connectivity index (χ0v) is 10.9. The maximum Gasteiger partial charge on any atom is 0.227 e. The fraction of sp³-hybridized carbons (Fsp3) is 0.154. The number of aryl methyl sites for hydroxylation is 2. The van der Waals surface area contributed by atoms with Crippen LogP contribution in [0.2, 0.25) is 0 Å². The molecule has 2 aromatic heterocycles. The summed E-state index contributed by atoms with van der Waals surface area (Å²) < 4.78 is 5.21. The number of benzene rings is 1. The third-order valence-electron chi connectivity index (χ3n) is 2.71. The molecule has 0 atom stereocenters. The molecule has 0 amide bonds. The molecule has 3 aromatic rings. The molecular formula is C13H12N4OS.